The van der Waals surface area contributed by atoms with Crippen molar-refractivity contribution in [3.63, 3.8) is 0 Å². The van der Waals surface area contributed by atoms with Crippen molar-refractivity contribution >= 4 is 5.91 Å². The van der Waals surface area contributed by atoms with Gasteiger partial charge in [-0.15, -0.1) is 0 Å². The van der Waals surface area contributed by atoms with Gasteiger partial charge in [0, 0.05) is 18.2 Å². The van der Waals surface area contributed by atoms with Crippen LogP contribution in [0.5, 0.6) is 5.75 Å². The van der Waals surface area contributed by atoms with E-state index >= 15 is 0 Å². The van der Waals surface area contributed by atoms with Crippen LogP contribution in [0.25, 0.3) is 0 Å². The maximum Gasteiger partial charge on any atom is 0.228 e. The van der Waals surface area contributed by atoms with E-state index in [1.807, 2.05) is 31.2 Å². The van der Waals surface area contributed by atoms with Gasteiger partial charge in [-0.3, -0.25) is 4.79 Å². The highest BCUT2D eigenvalue weighted by molar-refractivity contribution is 5.85. The number of aliphatic hydroxyl groups excluding tert-OH is 1. The van der Waals surface area contributed by atoms with Crippen molar-refractivity contribution in [1.29, 1.82) is 0 Å². The summed E-state index contributed by atoms with van der Waals surface area (Å²) in [6, 6.07) is 7.75. The van der Waals surface area contributed by atoms with Crippen LogP contribution in [-0.2, 0) is 4.79 Å². The molecule has 0 aliphatic carbocycles. The number of carbonyl (C=O) groups excluding carboxylic acids is 1. The molecule has 1 aliphatic heterocycles. The van der Waals surface area contributed by atoms with Gasteiger partial charge in [0.1, 0.15) is 5.75 Å². The van der Waals surface area contributed by atoms with Gasteiger partial charge < -0.3 is 15.2 Å². The van der Waals surface area contributed by atoms with Crippen LogP contribution >= 0.6 is 0 Å². The Labute approximate surface area is 113 Å². The Bertz CT molecular complexity index is 433. The molecule has 1 aliphatic rings. The topological polar surface area (TPSA) is 58.6 Å². The number of ether oxygens (including phenoxy) is 1. The van der Waals surface area contributed by atoms with Crippen LogP contribution in [0.2, 0.25) is 0 Å². The lowest BCUT2D eigenvalue weighted by atomic mass is 9.92. The van der Waals surface area contributed by atoms with Crippen LogP contribution in [0.4, 0.5) is 0 Å². The lowest BCUT2D eigenvalue weighted by Gasteiger charge is -2.27. The van der Waals surface area contributed by atoms with E-state index in [0.717, 1.165) is 17.7 Å². The van der Waals surface area contributed by atoms with Crippen molar-refractivity contribution in [1.82, 2.24) is 5.32 Å². The van der Waals surface area contributed by atoms with Gasteiger partial charge in [-0.1, -0.05) is 25.1 Å². The average molecular weight is 263 g/mol. The SMILES string of the molecule is CCC(CCO)NC(=O)C1CCOc2ccccc21. The Morgan fingerprint density at radius 3 is 3.05 bits per heavy atom. The molecule has 0 aromatic heterocycles. The number of carbonyl (C=O) groups is 1. The summed E-state index contributed by atoms with van der Waals surface area (Å²) in [6.07, 6.45) is 2.14. The fourth-order valence-corrected chi connectivity index (χ4v) is 2.45. The van der Waals surface area contributed by atoms with E-state index in [-0.39, 0.29) is 24.5 Å². The number of amides is 1. The first-order valence-corrected chi connectivity index (χ1v) is 6.89. The minimum atomic E-state index is -0.141. The van der Waals surface area contributed by atoms with E-state index in [0.29, 0.717) is 19.4 Å². The molecule has 0 saturated carbocycles. The van der Waals surface area contributed by atoms with Crippen LogP contribution in [-0.4, -0.2) is 30.3 Å². The summed E-state index contributed by atoms with van der Waals surface area (Å²) in [7, 11) is 0. The number of para-hydroxylation sites is 1. The third-order valence-corrected chi connectivity index (χ3v) is 3.59. The van der Waals surface area contributed by atoms with E-state index in [1.165, 1.54) is 0 Å². The number of aliphatic hydroxyl groups is 1. The molecule has 0 saturated heterocycles. The molecular formula is C15H21NO3. The summed E-state index contributed by atoms with van der Waals surface area (Å²) >= 11 is 0. The van der Waals surface area contributed by atoms with Crippen LogP contribution in [0.3, 0.4) is 0 Å². The van der Waals surface area contributed by atoms with Crippen molar-refractivity contribution in [3.8, 4) is 5.75 Å². The molecule has 4 nitrogen and oxygen atoms in total. The summed E-state index contributed by atoms with van der Waals surface area (Å²) in [5, 5.41) is 12.0. The molecule has 1 aromatic rings. The maximum atomic E-state index is 12.4. The summed E-state index contributed by atoms with van der Waals surface area (Å²) < 4.78 is 5.56. The summed E-state index contributed by atoms with van der Waals surface area (Å²) in [6.45, 7) is 2.69. The van der Waals surface area contributed by atoms with Gasteiger partial charge in [0.2, 0.25) is 5.91 Å². The fraction of sp³-hybridized carbons (Fsp3) is 0.533. The third kappa shape index (κ3) is 3.26. The van der Waals surface area contributed by atoms with Gasteiger partial charge in [-0.05, 0) is 25.3 Å². The van der Waals surface area contributed by atoms with Crippen LogP contribution in [0, 0.1) is 0 Å². The molecule has 0 spiro atoms. The summed E-state index contributed by atoms with van der Waals surface area (Å²) in [5.41, 5.74) is 0.963. The van der Waals surface area contributed by atoms with Gasteiger partial charge in [-0.2, -0.15) is 0 Å². The quantitative estimate of drug-likeness (QED) is 0.852. The Balaban J connectivity index is 2.08. The molecule has 19 heavy (non-hydrogen) atoms. The van der Waals surface area contributed by atoms with Crippen LogP contribution < -0.4 is 10.1 Å². The molecule has 2 unspecified atom stereocenters. The van der Waals surface area contributed by atoms with E-state index in [4.69, 9.17) is 9.84 Å². The molecular weight excluding hydrogens is 242 g/mol. The number of benzene rings is 1. The minimum absolute atomic E-state index is 0.0380. The second-order valence-corrected chi connectivity index (χ2v) is 4.85. The van der Waals surface area contributed by atoms with Gasteiger partial charge >= 0.3 is 0 Å². The first-order chi connectivity index (χ1) is 9.26. The zero-order valence-corrected chi connectivity index (χ0v) is 11.3. The molecule has 0 radical (unpaired) electrons. The Morgan fingerprint density at radius 1 is 1.53 bits per heavy atom. The largest absolute Gasteiger partial charge is 0.493 e. The molecule has 104 valence electrons. The summed E-state index contributed by atoms with van der Waals surface area (Å²) in [4.78, 5) is 12.4. The molecule has 2 N–H and O–H groups in total. The van der Waals surface area contributed by atoms with E-state index in [2.05, 4.69) is 5.32 Å². The number of fused-ring (bicyclic) bond motifs is 1. The first-order valence-electron chi connectivity index (χ1n) is 6.89. The number of hydrogen-bond acceptors (Lipinski definition) is 3. The van der Waals surface area contributed by atoms with Crippen molar-refractivity contribution in [2.24, 2.45) is 0 Å². The molecule has 1 aromatic carbocycles. The van der Waals surface area contributed by atoms with Crippen molar-refractivity contribution in [2.45, 2.75) is 38.1 Å². The minimum Gasteiger partial charge on any atom is -0.493 e. The molecule has 1 heterocycles. The smallest absolute Gasteiger partial charge is 0.228 e. The monoisotopic (exact) mass is 263 g/mol. The Kier molecular flexibility index (Phi) is 4.80. The van der Waals surface area contributed by atoms with Crippen molar-refractivity contribution in [2.75, 3.05) is 13.2 Å². The summed E-state index contributed by atoms with van der Waals surface area (Å²) in [5.74, 6) is 0.706. The molecule has 2 rings (SSSR count). The second kappa shape index (κ2) is 6.57. The normalized spacial score (nSPS) is 19.2. The zero-order valence-electron chi connectivity index (χ0n) is 11.3. The van der Waals surface area contributed by atoms with Crippen LogP contribution in [0.1, 0.15) is 37.7 Å². The number of rotatable bonds is 5. The van der Waals surface area contributed by atoms with Gasteiger partial charge in [0.15, 0.2) is 0 Å². The van der Waals surface area contributed by atoms with Gasteiger partial charge in [0.05, 0.1) is 12.5 Å². The standard InChI is InChI=1S/C15H21NO3/c1-2-11(7-9-17)16-15(18)13-8-10-19-14-6-4-3-5-12(13)14/h3-6,11,13,17H,2,7-10H2,1H3,(H,16,18). The molecule has 0 fully saturated rings. The lowest BCUT2D eigenvalue weighted by Crippen LogP contribution is -2.39. The van der Waals surface area contributed by atoms with Crippen LogP contribution in [0.15, 0.2) is 24.3 Å². The average Bonchev–Trinajstić information content (AvgIpc) is 2.46. The molecule has 2 atom stereocenters. The van der Waals surface area contributed by atoms with E-state index in [1.54, 1.807) is 0 Å². The zero-order chi connectivity index (χ0) is 13.7. The number of nitrogens with one attached hydrogen (secondary N) is 1. The lowest BCUT2D eigenvalue weighted by molar-refractivity contribution is -0.124. The predicted octanol–water partition coefficient (Wildman–Crippen LogP) is 1.83. The highest BCUT2D eigenvalue weighted by Crippen LogP contribution is 2.33. The molecule has 4 heteroatoms. The van der Waals surface area contributed by atoms with Gasteiger partial charge in [0.25, 0.3) is 0 Å². The first kappa shape index (κ1) is 13.9. The van der Waals surface area contributed by atoms with Crippen molar-refractivity contribution in [3.05, 3.63) is 29.8 Å². The second-order valence-electron chi connectivity index (χ2n) is 4.85. The third-order valence-electron chi connectivity index (χ3n) is 3.59. The van der Waals surface area contributed by atoms with E-state index in [9.17, 15) is 4.79 Å². The molecule has 0 bridgehead atoms. The maximum absolute atomic E-state index is 12.4. The molecule has 1 amide bonds. The van der Waals surface area contributed by atoms with E-state index < -0.39 is 0 Å². The Morgan fingerprint density at radius 2 is 2.32 bits per heavy atom. The number of hydrogen-bond donors (Lipinski definition) is 2. The van der Waals surface area contributed by atoms with Gasteiger partial charge in [-0.25, -0.2) is 0 Å². The highest BCUT2D eigenvalue weighted by atomic mass is 16.5. The predicted molar refractivity (Wildman–Crippen MR) is 73.2 cm³/mol. The van der Waals surface area contributed by atoms with Crippen molar-refractivity contribution < 1.29 is 14.6 Å². The highest BCUT2D eigenvalue weighted by Gasteiger charge is 2.28. The fourth-order valence-electron chi connectivity index (χ4n) is 2.45. The Hall–Kier alpha value is -1.55.